The van der Waals surface area contributed by atoms with Gasteiger partial charge in [0.2, 0.25) is 0 Å². The van der Waals surface area contributed by atoms with Crippen LogP contribution >= 0.6 is 0 Å². The van der Waals surface area contributed by atoms with E-state index in [-0.39, 0.29) is 5.82 Å². The second-order valence-corrected chi connectivity index (χ2v) is 4.60. The molecular weight excluding hydrogens is 255 g/mol. The second-order valence-electron chi connectivity index (χ2n) is 4.60. The highest BCUT2D eigenvalue weighted by Crippen LogP contribution is 2.26. The van der Waals surface area contributed by atoms with Gasteiger partial charge in [-0.3, -0.25) is 0 Å². The van der Waals surface area contributed by atoms with Crippen molar-refractivity contribution in [3.8, 4) is 11.8 Å². The van der Waals surface area contributed by atoms with Crippen LogP contribution in [0.1, 0.15) is 12.5 Å². The highest BCUT2D eigenvalue weighted by atomic mass is 19.1. The molecule has 0 heterocycles. The maximum absolute atomic E-state index is 13.0. The average Bonchev–Trinajstić information content (AvgIpc) is 2.48. The van der Waals surface area contributed by atoms with Crippen molar-refractivity contribution in [1.29, 1.82) is 5.26 Å². The summed E-state index contributed by atoms with van der Waals surface area (Å²) in [6, 6.07) is 15.4. The van der Waals surface area contributed by atoms with Crippen molar-refractivity contribution in [2.75, 3.05) is 12.4 Å². The molecule has 2 rings (SSSR count). The van der Waals surface area contributed by atoms with Crippen molar-refractivity contribution in [2.24, 2.45) is 0 Å². The Labute approximate surface area is 117 Å². The predicted octanol–water partition coefficient (Wildman–Crippen LogP) is 3.69. The summed E-state index contributed by atoms with van der Waals surface area (Å²) in [6.07, 6.45) is 0. The van der Waals surface area contributed by atoms with Gasteiger partial charge in [-0.05, 0) is 48.9 Å². The minimum absolute atomic E-state index is 0.321. The normalized spacial score (nSPS) is 13.1. The van der Waals surface area contributed by atoms with Crippen LogP contribution in [0.5, 0.6) is 5.75 Å². The molecule has 0 saturated carbocycles. The highest BCUT2D eigenvalue weighted by molar-refractivity contribution is 5.52. The summed E-state index contributed by atoms with van der Waals surface area (Å²) in [5.74, 6) is 0.425. The van der Waals surface area contributed by atoms with Gasteiger partial charge in [0.05, 0.1) is 13.2 Å². The van der Waals surface area contributed by atoms with E-state index in [4.69, 9.17) is 4.74 Å². The number of nitrogens with one attached hydrogen (secondary N) is 1. The van der Waals surface area contributed by atoms with E-state index in [2.05, 4.69) is 11.4 Å². The second kappa shape index (κ2) is 5.62. The molecule has 0 aliphatic rings. The lowest BCUT2D eigenvalue weighted by Crippen LogP contribution is -2.29. The molecule has 0 saturated heterocycles. The number of ether oxygens (including phenoxy) is 1. The van der Waals surface area contributed by atoms with Crippen molar-refractivity contribution in [2.45, 2.75) is 12.5 Å². The molecule has 102 valence electrons. The third-order valence-corrected chi connectivity index (χ3v) is 3.13. The lowest BCUT2D eigenvalue weighted by Gasteiger charge is -2.25. The number of hydrogen-bond donors (Lipinski definition) is 1. The number of nitriles is 1. The summed E-state index contributed by atoms with van der Waals surface area (Å²) in [5, 5.41) is 12.6. The van der Waals surface area contributed by atoms with Crippen LogP contribution in [-0.2, 0) is 5.54 Å². The van der Waals surface area contributed by atoms with Gasteiger partial charge < -0.3 is 10.1 Å². The molecule has 0 bridgehead atoms. The highest BCUT2D eigenvalue weighted by Gasteiger charge is 2.26. The lowest BCUT2D eigenvalue weighted by molar-refractivity contribution is 0.415. The zero-order valence-electron chi connectivity index (χ0n) is 11.4. The van der Waals surface area contributed by atoms with Crippen molar-refractivity contribution >= 4 is 5.69 Å². The number of nitrogens with zero attached hydrogens (tertiary/aromatic N) is 1. The van der Waals surface area contributed by atoms with E-state index in [1.165, 1.54) is 12.1 Å². The van der Waals surface area contributed by atoms with E-state index in [1.807, 2.05) is 24.3 Å². The van der Waals surface area contributed by atoms with Crippen LogP contribution in [0.25, 0.3) is 0 Å². The topological polar surface area (TPSA) is 45.0 Å². The van der Waals surface area contributed by atoms with E-state index in [0.29, 0.717) is 5.56 Å². The summed E-state index contributed by atoms with van der Waals surface area (Å²) in [5.41, 5.74) is 0.568. The van der Waals surface area contributed by atoms with Gasteiger partial charge in [-0.15, -0.1) is 0 Å². The molecule has 0 aliphatic carbocycles. The van der Waals surface area contributed by atoms with Gasteiger partial charge in [-0.2, -0.15) is 5.26 Å². The Hall–Kier alpha value is -2.54. The van der Waals surface area contributed by atoms with Crippen molar-refractivity contribution in [3.63, 3.8) is 0 Å². The maximum atomic E-state index is 13.0. The largest absolute Gasteiger partial charge is 0.497 e. The molecule has 20 heavy (non-hydrogen) atoms. The molecule has 0 radical (unpaired) electrons. The molecule has 1 N–H and O–H groups in total. The fourth-order valence-corrected chi connectivity index (χ4v) is 1.91. The van der Waals surface area contributed by atoms with E-state index in [1.54, 1.807) is 26.2 Å². The van der Waals surface area contributed by atoms with Crippen LogP contribution in [0, 0.1) is 17.1 Å². The summed E-state index contributed by atoms with van der Waals surface area (Å²) in [6.45, 7) is 1.75. The van der Waals surface area contributed by atoms with Crippen molar-refractivity contribution in [3.05, 3.63) is 59.9 Å². The molecular formula is C16H15FN2O. The third kappa shape index (κ3) is 2.89. The number of anilines is 1. The summed E-state index contributed by atoms with van der Waals surface area (Å²) in [4.78, 5) is 0. The Bertz CT molecular complexity index is 616. The van der Waals surface area contributed by atoms with Crippen LogP contribution in [-0.4, -0.2) is 7.11 Å². The Balaban J connectivity index is 2.26. The Morgan fingerprint density at radius 2 is 1.70 bits per heavy atom. The minimum Gasteiger partial charge on any atom is -0.497 e. The van der Waals surface area contributed by atoms with Gasteiger partial charge in [-0.1, -0.05) is 12.1 Å². The molecule has 0 aromatic heterocycles. The van der Waals surface area contributed by atoms with Crippen LogP contribution in [0.3, 0.4) is 0 Å². The van der Waals surface area contributed by atoms with Crippen molar-refractivity contribution < 1.29 is 9.13 Å². The number of methoxy groups -OCH3 is 1. The molecule has 1 unspecified atom stereocenters. The Kier molecular flexibility index (Phi) is 3.90. The van der Waals surface area contributed by atoms with Gasteiger partial charge in [0.15, 0.2) is 0 Å². The molecule has 4 heteroatoms. The Morgan fingerprint density at radius 3 is 2.20 bits per heavy atom. The number of halogens is 1. The lowest BCUT2D eigenvalue weighted by atomic mass is 9.93. The van der Waals surface area contributed by atoms with Gasteiger partial charge in [0.25, 0.3) is 0 Å². The van der Waals surface area contributed by atoms with Gasteiger partial charge in [-0.25, -0.2) is 4.39 Å². The van der Waals surface area contributed by atoms with Crippen LogP contribution in [0.15, 0.2) is 48.5 Å². The number of benzene rings is 2. The summed E-state index contributed by atoms with van der Waals surface area (Å²) in [7, 11) is 1.60. The standard InChI is InChI=1S/C16H15FN2O/c1-16(11-18,12-3-5-13(17)6-4-12)19-14-7-9-15(20-2)10-8-14/h3-10,19H,1-2H3. The smallest absolute Gasteiger partial charge is 0.148 e. The number of rotatable bonds is 4. The van der Waals surface area contributed by atoms with Gasteiger partial charge in [0.1, 0.15) is 17.1 Å². The first kappa shape index (κ1) is 13.9. The Morgan fingerprint density at radius 1 is 1.10 bits per heavy atom. The predicted molar refractivity (Wildman–Crippen MR) is 76.0 cm³/mol. The average molecular weight is 270 g/mol. The maximum Gasteiger partial charge on any atom is 0.148 e. The molecule has 0 fully saturated rings. The first-order valence-corrected chi connectivity index (χ1v) is 6.17. The van der Waals surface area contributed by atoms with Crippen molar-refractivity contribution in [1.82, 2.24) is 0 Å². The molecule has 0 spiro atoms. The molecule has 3 nitrogen and oxygen atoms in total. The molecule has 1 atom stereocenters. The van der Waals surface area contributed by atoms with Gasteiger partial charge in [0, 0.05) is 5.69 Å². The molecule has 2 aromatic rings. The first-order chi connectivity index (χ1) is 9.57. The third-order valence-electron chi connectivity index (χ3n) is 3.13. The molecule has 2 aromatic carbocycles. The summed E-state index contributed by atoms with van der Waals surface area (Å²) < 4.78 is 18.1. The molecule has 0 amide bonds. The van der Waals surface area contributed by atoms with E-state index < -0.39 is 5.54 Å². The van der Waals surface area contributed by atoms with E-state index >= 15 is 0 Å². The first-order valence-electron chi connectivity index (χ1n) is 6.17. The van der Waals surface area contributed by atoms with Crippen LogP contribution in [0.4, 0.5) is 10.1 Å². The quantitative estimate of drug-likeness (QED) is 0.921. The minimum atomic E-state index is -0.928. The SMILES string of the molecule is COc1ccc(NC(C)(C#N)c2ccc(F)cc2)cc1. The van der Waals surface area contributed by atoms with Crippen LogP contribution < -0.4 is 10.1 Å². The van der Waals surface area contributed by atoms with Gasteiger partial charge >= 0.3 is 0 Å². The van der Waals surface area contributed by atoms with E-state index in [9.17, 15) is 9.65 Å². The van der Waals surface area contributed by atoms with E-state index in [0.717, 1.165) is 11.4 Å². The number of hydrogen-bond acceptors (Lipinski definition) is 3. The fourth-order valence-electron chi connectivity index (χ4n) is 1.91. The zero-order valence-corrected chi connectivity index (χ0v) is 11.4. The summed E-state index contributed by atoms with van der Waals surface area (Å²) >= 11 is 0. The fraction of sp³-hybridized carbons (Fsp3) is 0.188. The zero-order chi connectivity index (χ0) is 14.6. The monoisotopic (exact) mass is 270 g/mol. The molecule has 0 aliphatic heterocycles. The van der Waals surface area contributed by atoms with Crippen LogP contribution in [0.2, 0.25) is 0 Å².